The number of carbonyl (C=O) groups excluding carboxylic acids is 2. The van der Waals surface area contributed by atoms with E-state index in [0.29, 0.717) is 10.7 Å². The largest absolute Gasteiger partial charge is 0.348 e. The van der Waals surface area contributed by atoms with Crippen LogP contribution in [0.4, 0.5) is 10.5 Å². The molecule has 0 bridgehead atoms. The van der Waals surface area contributed by atoms with E-state index in [1.54, 1.807) is 19.2 Å². The molecule has 0 saturated carbocycles. The van der Waals surface area contributed by atoms with Gasteiger partial charge in [0.1, 0.15) is 0 Å². The highest BCUT2D eigenvalue weighted by Crippen LogP contribution is 2.26. The lowest BCUT2D eigenvalue weighted by molar-refractivity contribution is -0.129. The average Bonchev–Trinajstić information content (AvgIpc) is 2.46. The minimum atomic E-state index is -0.731. The molecule has 1 aromatic carbocycles. The summed E-state index contributed by atoms with van der Waals surface area (Å²) in [5.41, 5.74) is 2.82. The highest BCUT2D eigenvalue weighted by atomic mass is 127. The first-order valence-electron chi connectivity index (χ1n) is 6.22. The molecule has 0 radical (unpaired) electrons. The summed E-state index contributed by atoms with van der Waals surface area (Å²) in [7, 11) is 2.91. The summed E-state index contributed by atoms with van der Waals surface area (Å²) in [4.78, 5) is 31.1. The highest BCUT2D eigenvalue weighted by molar-refractivity contribution is 14.1. The molecule has 1 heterocycles. The second-order valence-electron chi connectivity index (χ2n) is 4.43. The van der Waals surface area contributed by atoms with Crippen molar-refractivity contribution >= 4 is 51.8 Å². The Bertz CT molecular complexity index is 625. The minimum Gasteiger partial charge on any atom is -0.346 e. The molecule has 9 heteroatoms. The fraction of sp³-hybridized carbons (Fsp3) is 0.231. The van der Waals surface area contributed by atoms with Crippen LogP contribution in [0.3, 0.4) is 0 Å². The van der Waals surface area contributed by atoms with Crippen molar-refractivity contribution in [1.29, 1.82) is 0 Å². The van der Waals surface area contributed by atoms with Crippen LogP contribution >= 0.6 is 34.2 Å². The maximum Gasteiger partial charge on any atom is 0.348 e. The number of hydrogen-bond acceptors (Lipinski definition) is 4. The van der Waals surface area contributed by atoms with E-state index in [2.05, 4.69) is 38.2 Å². The number of hydroxylamine groups is 1. The fourth-order valence-corrected chi connectivity index (χ4v) is 2.79. The van der Waals surface area contributed by atoms with Crippen LogP contribution in [-0.2, 0) is 9.63 Å². The van der Waals surface area contributed by atoms with Gasteiger partial charge in [-0.3, -0.25) is 14.5 Å². The topological polar surface area (TPSA) is 73.9 Å². The molecule has 0 aliphatic carbocycles. The Kier molecular flexibility index (Phi) is 5.48. The molecule has 1 aliphatic rings. The van der Waals surface area contributed by atoms with E-state index in [1.165, 1.54) is 29.2 Å². The van der Waals surface area contributed by atoms with Crippen LogP contribution in [0.15, 0.2) is 30.5 Å². The molecule has 22 heavy (non-hydrogen) atoms. The summed E-state index contributed by atoms with van der Waals surface area (Å²) in [6, 6.07) is 4.92. The molecule has 1 aromatic rings. The second-order valence-corrected chi connectivity index (χ2v) is 6.08. The molecule has 1 aliphatic heterocycles. The third-order valence-electron chi connectivity index (χ3n) is 3.00. The lowest BCUT2D eigenvalue weighted by atomic mass is 10.3. The summed E-state index contributed by atoms with van der Waals surface area (Å²) in [5.74, 6) is -0.236. The molecule has 0 fully saturated rings. The summed E-state index contributed by atoms with van der Waals surface area (Å²) in [6.07, 6.45) is 1.95. The number of urea groups is 1. The van der Waals surface area contributed by atoms with Crippen molar-refractivity contribution in [2.45, 2.75) is 6.29 Å². The van der Waals surface area contributed by atoms with Gasteiger partial charge in [0.15, 0.2) is 6.29 Å². The summed E-state index contributed by atoms with van der Waals surface area (Å²) >= 11 is 8.34. The highest BCUT2D eigenvalue weighted by Gasteiger charge is 2.31. The van der Waals surface area contributed by atoms with Crippen LogP contribution in [0.2, 0.25) is 5.02 Å². The van der Waals surface area contributed by atoms with Gasteiger partial charge in [0.2, 0.25) is 0 Å². The Morgan fingerprint density at radius 3 is 2.82 bits per heavy atom. The Morgan fingerprint density at radius 2 is 2.18 bits per heavy atom. The van der Waals surface area contributed by atoms with Crippen molar-refractivity contribution in [3.05, 3.63) is 39.1 Å². The van der Waals surface area contributed by atoms with E-state index in [0.717, 1.165) is 3.57 Å². The van der Waals surface area contributed by atoms with Gasteiger partial charge in [0.25, 0.3) is 5.91 Å². The number of carbonyl (C=O) groups is 2. The van der Waals surface area contributed by atoms with E-state index >= 15 is 0 Å². The number of nitrogens with one attached hydrogen (secondary N) is 2. The van der Waals surface area contributed by atoms with Crippen molar-refractivity contribution in [2.75, 3.05) is 19.5 Å². The number of hydrogen-bond donors (Lipinski definition) is 2. The minimum absolute atomic E-state index is 0.236. The van der Waals surface area contributed by atoms with Crippen molar-refractivity contribution < 1.29 is 14.4 Å². The first-order chi connectivity index (χ1) is 10.4. The van der Waals surface area contributed by atoms with Gasteiger partial charge in [0, 0.05) is 22.9 Å². The average molecular weight is 437 g/mol. The zero-order valence-corrected chi connectivity index (χ0v) is 14.8. The number of amides is 3. The first-order valence-corrected chi connectivity index (χ1v) is 7.67. The van der Waals surface area contributed by atoms with Crippen LogP contribution in [-0.4, -0.2) is 42.2 Å². The van der Waals surface area contributed by atoms with Crippen LogP contribution in [0.25, 0.3) is 0 Å². The molecule has 7 nitrogen and oxygen atoms in total. The van der Waals surface area contributed by atoms with E-state index in [-0.39, 0.29) is 5.91 Å². The second kappa shape index (κ2) is 7.16. The first kappa shape index (κ1) is 16.8. The van der Waals surface area contributed by atoms with E-state index in [1.807, 2.05) is 6.07 Å². The standard InChI is InChI=1S/C13H14ClIN4O3/c1-18-11(20)5-6-19(13(21)17-22-2)12(18)16-10-4-3-8(15)7-9(10)14/h3-7,12,16H,1-2H3,(H,17,21). The third kappa shape index (κ3) is 3.62. The number of anilines is 1. The van der Waals surface area contributed by atoms with Crippen molar-refractivity contribution in [2.24, 2.45) is 0 Å². The van der Waals surface area contributed by atoms with E-state index in [9.17, 15) is 9.59 Å². The smallest absolute Gasteiger partial charge is 0.346 e. The van der Waals surface area contributed by atoms with Crippen molar-refractivity contribution in [1.82, 2.24) is 15.3 Å². The van der Waals surface area contributed by atoms with Gasteiger partial charge in [-0.15, -0.1) is 0 Å². The van der Waals surface area contributed by atoms with E-state index < -0.39 is 12.3 Å². The molecule has 2 rings (SSSR count). The fourth-order valence-electron chi connectivity index (χ4n) is 1.88. The Balaban J connectivity index is 2.28. The van der Waals surface area contributed by atoms with Gasteiger partial charge in [-0.1, -0.05) is 11.6 Å². The monoisotopic (exact) mass is 436 g/mol. The molecular formula is C13H14ClIN4O3. The summed E-state index contributed by atoms with van der Waals surface area (Å²) in [6.45, 7) is 0. The molecule has 3 amide bonds. The molecule has 1 atom stereocenters. The molecule has 0 spiro atoms. The van der Waals surface area contributed by atoms with Crippen LogP contribution < -0.4 is 10.8 Å². The van der Waals surface area contributed by atoms with Crippen LogP contribution in [0.5, 0.6) is 0 Å². The Hall–Kier alpha value is -1.52. The van der Waals surface area contributed by atoms with Gasteiger partial charge < -0.3 is 10.2 Å². The van der Waals surface area contributed by atoms with Gasteiger partial charge in [-0.25, -0.2) is 10.3 Å². The van der Waals surface area contributed by atoms with Gasteiger partial charge in [-0.2, -0.15) is 0 Å². The SMILES string of the molecule is CONC(=O)N1C=CC(=O)N(C)C1Nc1ccc(I)cc1Cl. The third-order valence-corrected chi connectivity index (χ3v) is 3.98. The number of rotatable bonds is 3. The van der Waals surface area contributed by atoms with Gasteiger partial charge in [0.05, 0.1) is 17.8 Å². The quantitative estimate of drug-likeness (QED) is 0.563. The van der Waals surface area contributed by atoms with E-state index in [4.69, 9.17) is 11.6 Å². The van der Waals surface area contributed by atoms with Crippen molar-refractivity contribution in [3.63, 3.8) is 0 Å². The molecule has 0 aromatic heterocycles. The lowest BCUT2D eigenvalue weighted by Crippen LogP contribution is -2.57. The molecule has 1 unspecified atom stereocenters. The zero-order valence-electron chi connectivity index (χ0n) is 11.8. The number of halogens is 2. The predicted molar refractivity (Wildman–Crippen MR) is 90.9 cm³/mol. The molecule has 2 N–H and O–H groups in total. The summed E-state index contributed by atoms with van der Waals surface area (Å²) < 4.78 is 0.982. The normalized spacial score (nSPS) is 17.6. The van der Waals surface area contributed by atoms with Crippen LogP contribution in [0, 0.1) is 3.57 Å². The van der Waals surface area contributed by atoms with Gasteiger partial charge >= 0.3 is 6.03 Å². The molecular weight excluding hydrogens is 423 g/mol. The summed E-state index contributed by atoms with van der Waals surface area (Å²) in [5, 5.41) is 3.57. The zero-order chi connectivity index (χ0) is 16.3. The van der Waals surface area contributed by atoms with Gasteiger partial charge in [-0.05, 0) is 40.8 Å². The number of nitrogens with zero attached hydrogens (tertiary/aromatic N) is 2. The molecule has 0 saturated heterocycles. The maximum atomic E-state index is 12.0. The Morgan fingerprint density at radius 1 is 1.45 bits per heavy atom. The lowest BCUT2D eigenvalue weighted by Gasteiger charge is -2.38. The Labute approximate surface area is 146 Å². The van der Waals surface area contributed by atoms with Crippen molar-refractivity contribution in [3.8, 4) is 0 Å². The maximum absolute atomic E-state index is 12.0. The van der Waals surface area contributed by atoms with Crippen LogP contribution in [0.1, 0.15) is 0 Å². The molecule has 118 valence electrons. The predicted octanol–water partition coefficient (Wildman–Crippen LogP) is 2.20. The number of likely N-dealkylation sites (N-methyl/N-ethyl adjacent to an activating group) is 1. The number of benzene rings is 1.